The van der Waals surface area contributed by atoms with E-state index in [-0.39, 0.29) is 36.6 Å². The van der Waals surface area contributed by atoms with Gasteiger partial charge in [0.15, 0.2) is 0 Å². The number of nitrogens with zero attached hydrogens (tertiary/aromatic N) is 2. The predicted octanol–water partition coefficient (Wildman–Crippen LogP) is 4.91. The molecule has 2 N–H and O–H groups in total. The number of piperidine rings is 1. The van der Waals surface area contributed by atoms with E-state index in [1.165, 1.54) is 7.11 Å². The maximum Gasteiger partial charge on any atom is 0.308 e. The minimum Gasteiger partial charge on any atom is -0.496 e. The number of hydrogen-bond donors (Lipinski definition) is 2. The molecule has 1 aliphatic heterocycles. The third-order valence-corrected chi connectivity index (χ3v) is 6.85. The van der Waals surface area contributed by atoms with Crippen LogP contribution in [0.3, 0.4) is 0 Å². The fourth-order valence-corrected chi connectivity index (χ4v) is 4.92. The number of aliphatic hydroxyl groups is 1. The number of anilines is 1. The lowest BCUT2D eigenvalue weighted by atomic mass is 9.93. The molecule has 2 aromatic carbocycles. The highest BCUT2D eigenvalue weighted by Crippen LogP contribution is 2.38. The molecule has 0 radical (unpaired) electrons. The quantitative estimate of drug-likeness (QED) is 0.464. The van der Waals surface area contributed by atoms with Gasteiger partial charge < -0.3 is 24.7 Å². The molecule has 2 aromatic rings. The van der Waals surface area contributed by atoms with Crippen molar-refractivity contribution < 1.29 is 29.3 Å². The van der Waals surface area contributed by atoms with E-state index in [0.717, 1.165) is 0 Å². The number of ether oxygens (including phenoxy) is 1. The van der Waals surface area contributed by atoms with Crippen molar-refractivity contribution in [2.45, 2.75) is 52.6 Å². The lowest BCUT2D eigenvalue weighted by Gasteiger charge is -2.33. The average molecular weight is 545 g/mol. The number of carbonyl (C=O) groups is 3. The summed E-state index contributed by atoms with van der Waals surface area (Å²) in [6.07, 6.45) is -0.00893. The fraction of sp³-hybridized carbons (Fsp3) is 0.483. The van der Waals surface area contributed by atoms with Crippen molar-refractivity contribution in [2.24, 2.45) is 11.3 Å². The number of hydrogen-bond acceptors (Lipinski definition) is 5. The summed E-state index contributed by atoms with van der Waals surface area (Å²) in [5, 5.41) is 21.2. The number of carbonyl (C=O) groups excluding carboxylic acids is 2. The number of aliphatic hydroxyl groups excluding tert-OH is 1. The van der Waals surface area contributed by atoms with Crippen LogP contribution in [0, 0.1) is 11.3 Å². The monoisotopic (exact) mass is 544 g/mol. The third-order valence-electron chi connectivity index (χ3n) is 6.62. The molecule has 1 aliphatic rings. The highest BCUT2D eigenvalue weighted by molar-refractivity contribution is 6.30. The zero-order valence-electron chi connectivity index (χ0n) is 22.4. The van der Waals surface area contributed by atoms with Crippen molar-refractivity contribution in [1.82, 2.24) is 4.90 Å². The Kier molecular flexibility index (Phi) is 9.79. The van der Waals surface area contributed by atoms with Crippen LogP contribution in [0.2, 0.25) is 5.02 Å². The number of benzene rings is 2. The average Bonchev–Trinajstić information content (AvgIpc) is 2.89. The molecular weight excluding hydrogens is 508 g/mol. The molecule has 38 heavy (non-hydrogen) atoms. The Balaban J connectivity index is 1.88. The van der Waals surface area contributed by atoms with Crippen LogP contribution >= 0.6 is 11.6 Å². The van der Waals surface area contributed by atoms with Crippen molar-refractivity contribution in [3.8, 4) is 5.75 Å². The molecular formula is C29H37ClN2O6. The van der Waals surface area contributed by atoms with Gasteiger partial charge in [-0.1, -0.05) is 50.6 Å². The standard InChI is InChI=1S/C29H37ClN2O6/c1-29(2,3)18-32(26(34)14-13-25(33)31-15-7-8-19(17-31)28(36)37)23-12-11-20(30)16-22(23)27(35)21-9-5-6-10-24(21)38-4/h5-6,9-12,16,19,27,35H,7-8,13-15,17-18H2,1-4H3,(H,36,37)/t19-,27+/m0/s1. The smallest absolute Gasteiger partial charge is 0.308 e. The number of rotatable bonds is 9. The van der Waals surface area contributed by atoms with Crippen molar-refractivity contribution in [3.05, 3.63) is 58.6 Å². The van der Waals surface area contributed by atoms with Crippen LogP contribution in [0.15, 0.2) is 42.5 Å². The molecule has 206 valence electrons. The molecule has 0 bridgehead atoms. The molecule has 1 saturated heterocycles. The summed E-state index contributed by atoms with van der Waals surface area (Å²) in [5.74, 6) is -1.47. The molecule has 0 aliphatic carbocycles. The van der Waals surface area contributed by atoms with E-state index in [1.807, 2.05) is 20.8 Å². The van der Waals surface area contributed by atoms with Crippen LogP contribution in [0.1, 0.15) is 63.7 Å². The topological polar surface area (TPSA) is 107 Å². The van der Waals surface area contributed by atoms with Gasteiger partial charge in [0.05, 0.1) is 13.0 Å². The predicted molar refractivity (Wildman–Crippen MR) is 146 cm³/mol. The Morgan fingerprint density at radius 2 is 1.84 bits per heavy atom. The zero-order valence-corrected chi connectivity index (χ0v) is 23.2. The van der Waals surface area contributed by atoms with Crippen molar-refractivity contribution in [3.63, 3.8) is 0 Å². The van der Waals surface area contributed by atoms with Gasteiger partial charge in [0.2, 0.25) is 11.8 Å². The second-order valence-corrected chi connectivity index (χ2v) is 11.3. The number of methoxy groups -OCH3 is 1. The van der Waals surface area contributed by atoms with Crippen LogP contribution in [0.4, 0.5) is 5.69 Å². The minimum atomic E-state index is -1.11. The second-order valence-electron chi connectivity index (χ2n) is 10.9. The summed E-state index contributed by atoms with van der Waals surface area (Å²) >= 11 is 6.32. The van der Waals surface area contributed by atoms with Gasteiger partial charge >= 0.3 is 5.97 Å². The van der Waals surface area contributed by atoms with Crippen molar-refractivity contribution >= 4 is 35.1 Å². The number of halogens is 1. The van der Waals surface area contributed by atoms with Crippen LogP contribution in [-0.2, 0) is 14.4 Å². The molecule has 8 nitrogen and oxygen atoms in total. The lowest BCUT2D eigenvalue weighted by Crippen LogP contribution is -2.43. The number of likely N-dealkylation sites (tertiary alicyclic amines) is 1. The molecule has 0 aromatic heterocycles. The molecule has 9 heteroatoms. The maximum atomic E-state index is 13.6. The van der Waals surface area contributed by atoms with E-state index in [2.05, 4.69) is 0 Å². The first-order chi connectivity index (χ1) is 17.9. The Labute approximate surface area is 229 Å². The Bertz CT molecular complexity index is 1160. The van der Waals surface area contributed by atoms with Crippen molar-refractivity contribution in [2.75, 3.05) is 31.6 Å². The summed E-state index contributed by atoms with van der Waals surface area (Å²) in [4.78, 5) is 41.0. The molecule has 0 unspecified atom stereocenters. The maximum absolute atomic E-state index is 13.6. The SMILES string of the molecule is COc1ccccc1[C@@H](O)c1cc(Cl)ccc1N(CC(C)(C)C)C(=O)CCC(=O)N1CCC[C@H](C(=O)O)C1. The number of carboxylic acid groups (broad SMARTS) is 1. The van der Waals surface area contributed by atoms with E-state index in [0.29, 0.717) is 53.5 Å². The van der Waals surface area contributed by atoms with Gasteiger partial charge in [-0.2, -0.15) is 0 Å². The summed E-state index contributed by atoms with van der Waals surface area (Å²) in [5.41, 5.74) is 1.21. The zero-order chi connectivity index (χ0) is 28.0. The summed E-state index contributed by atoms with van der Waals surface area (Å²) in [7, 11) is 1.53. The fourth-order valence-electron chi connectivity index (χ4n) is 4.74. The van der Waals surface area contributed by atoms with Gasteiger partial charge in [0.25, 0.3) is 0 Å². The van der Waals surface area contributed by atoms with Crippen molar-refractivity contribution in [1.29, 1.82) is 0 Å². The van der Waals surface area contributed by atoms with Gasteiger partial charge in [-0.15, -0.1) is 0 Å². The summed E-state index contributed by atoms with van der Waals surface area (Å²) < 4.78 is 5.44. The third kappa shape index (κ3) is 7.48. The van der Waals surface area contributed by atoms with Crippen LogP contribution in [0.25, 0.3) is 0 Å². The van der Waals surface area contributed by atoms with E-state index >= 15 is 0 Å². The van der Waals surface area contributed by atoms with Gasteiger partial charge in [-0.3, -0.25) is 14.4 Å². The second kappa shape index (κ2) is 12.6. The minimum absolute atomic E-state index is 0.0240. The first-order valence-corrected chi connectivity index (χ1v) is 13.2. The highest BCUT2D eigenvalue weighted by atomic mass is 35.5. The molecule has 2 atom stereocenters. The first-order valence-electron chi connectivity index (χ1n) is 12.8. The first kappa shape index (κ1) is 29.5. The molecule has 3 rings (SSSR count). The Hall–Kier alpha value is -3.10. The number of carboxylic acids is 1. The van der Waals surface area contributed by atoms with Gasteiger partial charge in [-0.05, 0) is 42.5 Å². The largest absolute Gasteiger partial charge is 0.496 e. The van der Waals surface area contributed by atoms with Crippen LogP contribution in [-0.4, -0.2) is 59.6 Å². The molecule has 1 fully saturated rings. The van der Waals surface area contributed by atoms with Gasteiger partial charge in [0, 0.05) is 54.3 Å². The van der Waals surface area contributed by atoms with Gasteiger partial charge in [0.1, 0.15) is 11.9 Å². The van der Waals surface area contributed by atoms with E-state index < -0.39 is 18.0 Å². The molecule has 0 spiro atoms. The molecule has 0 saturated carbocycles. The Morgan fingerprint density at radius 1 is 1.13 bits per heavy atom. The van der Waals surface area contributed by atoms with Gasteiger partial charge in [-0.25, -0.2) is 0 Å². The lowest BCUT2D eigenvalue weighted by molar-refractivity contribution is -0.146. The number of aliphatic carboxylic acids is 1. The summed E-state index contributed by atoms with van der Waals surface area (Å²) in [6, 6.07) is 12.1. The van der Waals surface area contributed by atoms with Crippen LogP contribution in [0.5, 0.6) is 5.75 Å². The Morgan fingerprint density at radius 3 is 2.50 bits per heavy atom. The summed E-state index contributed by atoms with van der Waals surface area (Å²) in [6.45, 7) is 7.02. The number of para-hydroxylation sites is 1. The van der Waals surface area contributed by atoms with E-state index in [1.54, 1.807) is 52.3 Å². The molecule has 1 heterocycles. The normalized spacial score (nSPS) is 16.6. The van der Waals surface area contributed by atoms with Crippen LogP contribution < -0.4 is 9.64 Å². The van der Waals surface area contributed by atoms with E-state index in [4.69, 9.17) is 16.3 Å². The molecule has 2 amide bonds. The number of amides is 2. The van der Waals surface area contributed by atoms with E-state index in [9.17, 15) is 24.6 Å². The highest BCUT2D eigenvalue weighted by Gasteiger charge is 2.31.